The van der Waals surface area contributed by atoms with E-state index in [0.717, 1.165) is 11.3 Å². The maximum atomic E-state index is 13.7. The fourth-order valence-corrected chi connectivity index (χ4v) is 4.64. The van der Waals surface area contributed by atoms with Gasteiger partial charge in [-0.25, -0.2) is 0 Å². The summed E-state index contributed by atoms with van der Waals surface area (Å²) < 4.78 is 41.2. The van der Waals surface area contributed by atoms with Gasteiger partial charge in [0.25, 0.3) is 5.91 Å². The molecule has 1 aromatic heterocycles. The van der Waals surface area contributed by atoms with Gasteiger partial charge in [-0.05, 0) is 49.3 Å². The van der Waals surface area contributed by atoms with Crippen LogP contribution in [0.25, 0.3) is 0 Å². The first kappa shape index (κ1) is 21.4. The molecule has 1 aromatic carbocycles. The zero-order chi connectivity index (χ0) is 22.5. The number of hydrogen-bond acceptors (Lipinski definition) is 3. The number of likely N-dealkylation sites (tertiary alicyclic amines) is 1. The van der Waals surface area contributed by atoms with Crippen LogP contribution in [-0.4, -0.2) is 44.9 Å². The van der Waals surface area contributed by atoms with Crippen molar-refractivity contribution < 1.29 is 22.8 Å². The number of rotatable bonds is 2. The van der Waals surface area contributed by atoms with Crippen LogP contribution in [0.1, 0.15) is 69.7 Å². The number of carbonyl (C=O) groups excluding carboxylic acids is 2. The molecule has 0 atom stereocenters. The van der Waals surface area contributed by atoms with Crippen LogP contribution in [0, 0.1) is 13.8 Å². The number of halogens is 3. The first-order valence-corrected chi connectivity index (χ1v) is 10.4. The topological polar surface area (TPSA) is 69.3 Å². The van der Waals surface area contributed by atoms with E-state index in [1.807, 2.05) is 0 Å². The number of aryl methyl sites for hydroxylation is 1. The van der Waals surface area contributed by atoms with E-state index in [-0.39, 0.29) is 23.3 Å². The van der Waals surface area contributed by atoms with E-state index in [2.05, 4.69) is 10.2 Å². The van der Waals surface area contributed by atoms with Gasteiger partial charge in [0.05, 0.1) is 24.3 Å². The van der Waals surface area contributed by atoms with E-state index in [1.54, 1.807) is 28.9 Å². The number of nitrogens with zero attached hydrogens (tertiary/aromatic N) is 3. The quantitative estimate of drug-likeness (QED) is 0.779. The maximum absolute atomic E-state index is 13.7. The van der Waals surface area contributed by atoms with Gasteiger partial charge in [-0.1, -0.05) is 12.1 Å². The molecule has 2 aliphatic heterocycles. The molecule has 0 saturated carbocycles. The molecule has 9 heteroatoms. The number of carbonyl (C=O) groups is 2. The van der Waals surface area contributed by atoms with Gasteiger partial charge >= 0.3 is 6.18 Å². The number of fused-ring (bicyclic) bond motifs is 1. The molecular weight excluding hydrogens is 409 g/mol. The van der Waals surface area contributed by atoms with Crippen LogP contribution in [0.2, 0.25) is 0 Å². The standard InChI is InChI=1S/C22H25F3N4O2/c1-12-4-5-16(19(13(12)2)22(23,24)25)15-6-8-28(9-7-15)21(31)20-17-10-29(14(3)30)11-18(17)26-27-20/h4-5,15H,6-11H2,1-3H3,(H,26,27). The summed E-state index contributed by atoms with van der Waals surface area (Å²) in [4.78, 5) is 27.9. The SMILES string of the molecule is CC(=O)N1Cc2[nH]nc(C(=O)N3CCC(c4ccc(C)c(C)c4C(F)(F)F)CC3)c2C1. The number of nitrogens with one attached hydrogen (secondary N) is 1. The molecule has 1 saturated heterocycles. The Morgan fingerprint density at radius 2 is 1.77 bits per heavy atom. The van der Waals surface area contributed by atoms with Crippen LogP contribution in [0.4, 0.5) is 13.2 Å². The number of aromatic nitrogens is 2. The van der Waals surface area contributed by atoms with E-state index in [0.29, 0.717) is 55.8 Å². The lowest BCUT2D eigenvalue weighted by molar-refractivity contribution is -0.139. The maximum Gasteiger partial charge on any atom is 0.416 e. The summed E-state index contributed by atoms with van der Waals surface area (Å²) in [7, 11) is 0. The minimum Gasteiger partial charge on any atom is -0.337 e. The second kappa shape index (κ2) is 7.69. The van der Waals surface area contributed by atoms with Crippen molar-refractivity contribution in [1.29, 1.82) is 0 Å². The highest BCUT2D eigenvalue weighted by atomic mass is 19.4. The van der Waals surface area contributed by atoms with Gasteiger partial charge in [-0.15, -0.1) is 0 Å². The molecule has 4 rings (SSSR count). The molecule has 0 unspecified atom stereocenters. The Balaban J connectivity index is 1.49. The fraction of sp³-hybridized carbons (Fsp3) is 0.500. The van der Waals surface area contributed by atoms with Crippen molar-refractivity contribution >= 4 is 11.8 Å². The van der Waals surface area contributed by atoms with Crippen LogP contribution in [0.3, 0.4) is 0 Å². The number of alkyl halides is 3. The van der Waals surface area contributed by atoms with Crippen molar-refractivity contribution in [2.45, 2.75) is 58.8 Å². The molecule has 6 nitrogen and oxygen atoms in total. The van der Waals surface area contributed by atoms with E-state index >= 15 is 0 Å². The molecule has 1 fully saturated rings. The Hall–Kier alpha value is -2.84. The fourth-order valence-electron chi connectivity index (χ4n) is 4.64. The van der Waals surface area contributed by atoms with Crippen LogP contribution in [0.15, 0.2) is 12.1 Å². The smallest absolute Gasteiger partial charge is 0.337 e. The highest BCUT2D eigenvalue weighted by molar-refractivity contribution is 5.94. The van der Waals surface area contributed by atoms with Gasteiger partial charge in [0, 0.05) is 25.6 Å². The molecule has 0 radical (unpaired) electrons. The van der Waals surface area contributed by atoms with E-state index in [4.69, 9.17) is 0 Å². The highest BCUT2D eigenvalue weighted by Gasteiger charge is 2.39. The minimum absolute atomic E-state index is 0.0716. The normalized spacial score (nSPS) is 17.2. The summed E-state index contributed by atoms with van der Waals surface area (Å²) in [5.41, 5.74) is 2.47. The Labute approximate surface area is 178 Å². The van der Waals surface area contributed by atoms with Crippen LogP contribution < -0.4 is 0 Å². The van der Waals surface area contributed by atoms with Crippen LogP contribution in [-0.2, 0) is 24.1 Å². The van der Waals surface area contributed by atoms with Crippen LogP contribution >= 0.6 is 0 Å². The van der Waals surface area contributed by atoms with Gasteiger partial charge in [0.2, 0.25) is 5.91 Å². The summed E-state index contributed by atoms with van der Waals surface area (Å²) in [5, 5.41) is 6.99. The van der Waals surface area contributed by atoms with E-state index in [9.17, 15) is 22.8 Å². The van der Waals surface area contributed by atoms with E-state index in [1.165, 1.54) is 13.8 Å². The number of aromatic amines is 1. The number of hydrogen-bond donors (Lipinski definition) is 1. The Morgan fingerprint density at radius 1 is 1.10 bits per heavy atom. The molecule has 2 amide bonds. The zero-order valence-electron chi connectivity index (χ0n) is 17.8. The Morgan fingerprint density at radius 3 is 2.39 bits per heavy atom. The van der Waals surface area contributed by atoms with Crippen molar-refractivity contribution in [3.05, 3.63) is 51.3 Å². The molecule has 3 heterocycles. The number of H-pyrrole nitrogens is 1. The highest BCUT2D eigenvalue weighted by Crippen LogP contribution is 2.41. The van der Waals surface area contributed by atoms with Crippen LogP contribution in [0.5, 0.6) is 0 Å². The summed E-state index contributed by atoms with van der Waals surface area (Å²) in [6.07, 6.45) is -3.48. The molecule has 31 heavy (non-hydrogen) atoms. The summed E-state index contributed by atoms with van der Waals surface area (Å²) in [5.74, 6) is -0.562. The van der Waals surface area contributed by atoms with Gasteiger partial charge in [0.15, 0.2) is 5.69 Å². The van der Waals surface area contributed by atoms with Gasteiger partial charge in [0.1, 0.15) is 0 Å². The Kier molecular flexibility index (Phi) is 5.31. The van der Waals surface area contributed by atoms with Gasteiger partial charge in [-0.2, -0.15) is 18.3 Å². The third-order valence-corrected chi connectivity index (χ3v) is 6.57. The van der Waals surface area contributed by atoms with E-state index < -0.39 is 11.7 Å². The van der Waals surface area contributed by atoms with Gasteiger partial charge < -0.3 is 9.80 Å². The lowest BCUT2D eigenvalue weighted by Gasteiger charge is -2.33. The number of benzene rings is 1. The molecule has 2 aromatic rings. The molecular formula is C22H25F3N4O2. The lowest BCUT2D eigenvalue weighted by Crippen LogP contribution is -2.39. The minimum atomic E-state index is -4.41. The van der Waals surface area contributed by atoms with Crippen molar-refractivity contribution in [2.24, 2.45) is 0 Å². The molecule has 0 bridgehead atoms. The van der Waals surface area contributed by atoms with Crippen molar-refractivity contribution in [3.8, 4) is 0 Å². The van der Waals surface area contributed by atoms with Crippen molar-refractivity contribution in [2.75, 3.05) is 13.1 Å². The van der Waals surface area contributed by atoms with Crippen molar-refractivity contribution in [1.82, 2.24) is 20.0 Å². The lowest BCUT2D eigenvalue weighted by atomic mass is 9.83. The van der Waals surface area contributed by atoms with Crippen molar-refractivity contribution in [3.63, 3.8) is 0 Å². The van der Waals surface area contributed by atoms with Gasteiger partial charge in [-0.3, -0.25) is 14.7 Å². The summed E-state index contributed by atoms with van der Waals surface area (Å²) >= 11 is 0. The molecule has 0 spiro atoms. The first-order valence-electron chi connectivity index (χ1n) is 10.4. The average molecular weight is 434 g/mol. The summed E-state index contributed by atoms with van der Waals surface area (Å²) in [6.45, 7) is 6.16. The average Bonchev–Trinajstić information content (AvgIpc) is 3.29. The number of piperidine rings is 1. The second-order valence-electron chi connectivity index (χ2n) is 8.44. The molecule has 0 aliphatic carbocycles. The number of amides is 2. The first-order chi connectivity index (χ1) is 14.6. The monoisotopic (exact) mass is 434 g/mol. The third kappa shape index (κ3) is 3.81. The predicted molar refractivity (Wildman–Crippen MR) is 107 cm³/mol. The Bertz CT molecular complexity index is 1040. The largest absolute Gasteiger partial charge is 0.416 e. The third-order valence-electron chi connectivity index (χ3n) is 6.57. The molecule has 166 valence electrons. The zero-order valence-corrected chi connectivity index (χ0v) is 17.8. The molecule has 2 aliphatic rings. The predicted octanol–water partition coefficient (Wildman–Crippen LogP) is 3.93. The second-order valence-corrected chi connectivity index (χ2v) is 8.44. The molecule has 1 N–H and O–H groups in total. The summed E-state index contributed by atoms with van der Waals surface area (Å²) in [6, 6.07) is 3.33.